The predicted molar refractivity (Wildman–Crippen MR) is 97.2 cm³/mol. The Hall–Kier alpha value is -2.12. The van der Waals surface area contributed by atoms with E-state index in [-0.39, 0.29) is 10.8 Å². The van der Waals surface area contributed by atoms with Crippen LogP contribution in [0.2, 0.25) is 0 Å². The van der Waals surface area contributed by atoms with Gasteiger partial charge in [0.15, 0.2) is 0 Å². The number of carbonyl (C=O) groups excluding carboxylic acids is 1. The van der Waals surface area contributed by atoms with E-state index in [2.05, 4.69) is 5.32 Å². The van der Waals surface area contributed by atoms with Gasteiger partial charge in [0, 0.05) is 32.0 Å². The molecule has 2 aromatic rings. The molecule has 6 nitrogen and oxygen atoms in total. The van der Waals surface area contributed by atoms with Crippen LogP contribution in [-0.2, 0) is 17.1 Å². The van der Waals surface area contributed by atoms with E-state index >= 15 is 0 Å². The van der Waals surface area contributed by atoms with Crippen LogP contribution in [0, 0.1) is 6.92 Å². The average molecular weight is 361 g/mol. The fraction of sp³-hybridized carbons (Fsp3) is 0.389. The van der Waals surface area contributed by atoms with Crippen molar-refractivity contribution in [2.24, 2.45) is 7.05 Å². The number of anilines is 1. The van der Waals surface area contributed by atoms with E-state index in [1.54, 1.807) is 17.7 Å². The van der Waals surface area contributed by atoms with Gasteiger partial charge in [0.05, 0.1) is 0 Å². The molecule has 1 fully saturated rings. The van der Waals surface area contributed by atoms with Gasteiger partial charge in [0.25, 0.3) is 5.91 Å². The highest BCUT2D eigenvalue weighted by Crippen LogP contribution is 2.23. The molecule has 2 heterocycles. The van der Waals surface area contributed by atoms with Gasteiger partial charge in [-0.2, -0.15) is 4.31 Å². The van der Waals surface area contributed by atoms with Crippen molar-refractivity contribution in [1.82, 2.24) is 8.87 Å². The second-order valence-electron chi connectivity index (χ2n) is 6.46. The number of sulfonamides is 1. The number of nitrogens with zero attached hydrogens (tertiary/aromatic N) is 2. The third kappa shape index (κ3) is 3.77. The maximum Gasteiger partial charge on any atom is 0.272 e. The molecule has 1 aromatic heterocycles. The van der Waals surface area contributed by atoms with Gasteiger partial charge in [0.2, 0.25) is 10.0 Å². The third-order valence-electron chi connectivity index (χ3n) is 4.44. The highest BCUT2D eigenvalue weighted by atomic mass is 32.2. The Morgan fingerprint density at radius 3 is 2.52 bits per heavy atom. The van der Waals surface area contributed by atoms with Crippen LogP contribution in [0.5, 0.6) is 0 Å². The second kappa shape index (κ2) is 7.01. The van der Waals surface area contributed by atoms with Crippen molar-refractivity contribution in [3.8, 4) is 0 Å². The summed E-state index contributed by atoms with van der Waals surface area (Å²) in [7, 11) is -1.86. The largest absolute Gasteiger partial charge is 0.345 e. The summed E-state index contributed by atoms with van der Waals surface area (Å²) in [6.07, 6.45) is 4.33. The van der Waals surface area contributed by atoms with Crippen molar-refractivity contribution in [3.05, 3.63) is 47.8 Å². The van der Waals surface area contributed by atoms with E-state index < -0.39 is 10.0 Å². The Labute approximate surface area is 148 Å². The van der Waals surface area contributed by atoms with Crippen molar-refractivity contribution in [1.29, 1.82) is 0 Å². The Balaban J connectivity index is 1.83. The lowest BCUT2D eigenvalue weighted by Gasteiger charge is -2.25. The molecule has 1 amide bonds. The van der Waals surface area contributed by atoms with Crippen LogP contribution in [0.3, 0.4) is 0 Å². The number of hydrogen-bond acceptors (Lipinski definition) is 3. The smallest absolute Gasteiger partial charge is 0.272 e. The lowest BCUT2D eigenvalue weighted by molar-refractivity contribution is 0.101. The van der Waals surface area contributed by atoms with Gasteiger partial charge in [0.1, 0.15) is 10.6 Å². The number of carbonyl (C=O) groups is 1. The number of hydrogen-bond donors (Lipinski definition) is 1. The molecule has 25 heavy (non-hydrogen) atoms. The fourth-order valence-corrected chi connectivity index (χ4v) is 4.66. The topological polar surface area (TPSA) is 71.4 Å². The highest BCUT2D eigenvalue weighted by Gasteiger charge is 2.28. The van der Waals surface area contributed by atoms with Gasteiger partial charge < -0.3 is 9.88 Å². The Bertz CT molecular complexity index is 881. The normalized spacial score (nSPS) is 15.9. The molecule has 134 valence electrons. The monoisotopic (exact) mass is 361 g/mol. The van der Waals surface area contributed by atoms with Crippen LogP contribution < -0.4 is 5.32 Å². The number of piperidine rings is 1. The Kier molecular flexibility index (Phi) is 4.96. The summed E-state index contributed by atoms with van der Waals surface area (Å²) in [6, 6.07) is 8.93. The molecule has 0 bridgehead atoms. The fourth-order valence-electron chi connectivity index (χ4n) is 3.07. The van der Waals surface area contributed by atoms with E-state index in [9.17, 15) is 13.2 Å². The molecular formula is C18H23N3O3S. The molecule has 0 saturated carbocycles. The molecule has 0 unspecified atom stereocenters. The zero-order valence-corrected chi connectivity index (χ0v) is 15.3. The SMILES string of the molecule is Cc1cccc(NC(=O)c2cc(S(=O)(=O)N3CCCCC3)cn2C)c1. The van der Waals surface area contributed by atoms with Crippen molar-refractivity contribution in [2.45, 2.75) is 31.1 Å². The summed E-state index contributed by atoms with van der Waals surface area (Å²) < 4.78 is 28.6. The summed E-state index contributed by atoms with van der Waals surface area (Å²) in [5.74, 6) is -0.326. The average Bonchev–Trinajstić information content (AvgIpc) is 2.98. The van der Waals surface area contributed by atoms with E-state index in [0.29, 0.717) is 24.5 Å². The zero-order chi connectivity index (χ0) is 18.0. The number of nitrogens with one attached hydrogen (secondary N) is 1. The van der Waals surface area contributed by atoms with Crippen molar-refractivity contribution in [3.63, 3.8) is 0 Å². The molecule has 1 saturated heterocycles. The maximum atomic E-state index is 12.8. The molecule has 0 radical (unpaired) electrons. The van der Waals surface area contributed by atoms with Gasteiger partial charge in [-0.05, 0) is 43.5 Å². The molecule has 1 N–H and O–H groups in total. The van der Waals surface area contributed by atoms with Crippen molar-refractivity contribution >= 4 is 21.6 Å². The quantitative estimate of drug-likeness (QED) is 0.910. The van der Waals surface area contributed by atoms with Gasteiger partial charge in [-0.25, -0.2) is 8.42 Å². The molecular weight excluding hydrogens is 338 g/mol. The van der Waals surface area contributed by atoms with E-state index in [4.69, 9.17) is 0 Å². The highest BCUT2D eigenvalue weighted by molar-refractivity contribution is 7.89. The van der Waals surface area contributed by atoms with Crippen LogP contribution in [-0.4, -0.2) is 36.3 Å². The maximum absolute atomic E-state index is 12.8. The molecule has 0 spiro atoms. The zero-order valence-electron chi connectivity index (χ0n) is 14.5. The number of amides is 1. The van der Waals surface area contributed by atoms with Gasteiger partial charge >= 0.3 is 0 Å². The summed E-state index contributed by atoms with van der Waals surface area (Å²) in [6.45, 7) is 3.03. The second-order valence-corrected chi connectivity index (χ2v) is 8.40. The minimum absolute atomic E-state index is 0.172. The number of rotatable bonds is 4. The first kappa shape index (κ1) is 17.7. The minimum atomic E-state index is -3.54. The van der Waals surface area contributed by atoms with Crippen molar-refractivity contribution in [2.75, 3.05) is 18.4 Å². The molecule has 1 aliphatic heterocycles. The van der Waals surface area contributed by atoms with Crippen LogP contribution in [0.1, 0.15) is 35.3 Å². The van der Waals surface area contributed by atoms with E-state index in [1.165, 1.54) is 16.6 Å². The molecule has 7 heteroatoms. The standard InChI is InChI=1S/C18H23N3O3S/c1-14-7-6-8-15(11-14)19-18(22)17-12-16(13-20(17)2)25(23,24)21-9-4-3-5-10-21/h6-8,11-13H,3-5,9-10H2,1-2H3,(H,19,22). The van der Waals surface area contributed by atoms with Crippen LogP contribution in [0.25, 0.3) is 0 Å². The summed E-state index contributed by atoms with van der Waals surface area (Å²) in [5, 5.41) is 2.82. The van der Waals surface area contributed by atoms with Crippen LogP contribution >= 0.6 is 0 Å². The van der Waals surface area contributed by atoms with E-state index in [1.807, 2.05) is 25.1 Å². The summed E-state index contributed by atoms with van der Waals surface area (Å²) in [5.41, 5.74) is 2.04. The molecule has 3 rings (SSSR count). The first-order chi connectivity index (χ1) is 11.9. The lowest BCUT2D eigenvalue weighted by atomic mass is 10.2. The third-order valence-corrected chi connectivity index (χ3v) is 6.31. The minimum Gasteiger partial charge on any atom is -0.345 e. The van der Waals surface area contributed by atoms with Gasteiger partial charge in [-0.3, -0.25) is 4.79 Å². The Morgan fingerprint density at radius 2 is 1.84 bits per heavy atom. The molecule has 1 aromatic carbocycles. The lowest BCUT2D eigenvalue weighted by Crippen LogP contribution is -2.35. The molecule has 0 aliphatic carbocycles. The predicted octanol–water partition coefficient (Wildman–Crippen LogP) is 2.76. The molecule has 0 atom stereocenters. The first-order valence-corrected chi connectivity index (χ1v) is 9.86. The first-order valence-electron chi connectivity index (χ1n) is 8.42. The number of aromatic nitrogens is 1. The van der Waals surface area contributed by atoms with Crippen molar-refractivity contribution < 1.29 is 13.2 Å². The van der Waals surface area contributed by atoms with Gasteiger partial charge in [-0.1, -0.05) is 18.6 Å². The van der Waals surface area contributed by atoms with E-state index in [0.717, 1.165) is 24.8 Å². The molecule has 1 aliphatic rings. The number of benzene rings is 1. The Morgan fingerprint density at radius 1 is 1.12 bits per heavy atom. The van der Waals surface area contributed by atoms with Crippen LogP contribution in [0.4, 0.5) is 5.69 Å². The van der Waals surface area contributed by atoms with Crippen LogP contribution in [0.15, 0.2) is 41.4 Å². The van der Waals surface area contributed by atoms with Gasteiger partial charge in [-0.15, -0.1) is 0 Å². The summed E-state index contributed by atoms with van der Waals surface area (Å²) in [4.78, 5) is 12.7. The number of aryl methyl sites for hydroxylation is 2. The summed E-state index contributed by atoms with van der Waals surface area (Å²) >= 11 is 0.